The lowest BCUT2D eigenvalue weighted by atomic mass is 10.0. The van der Waals surface area contributed by atoms with Gasteiger partial charge in [0.15, 0.2) is 0 Å². The third-order valence-corrected chi connectivity index (χ3v) is 5.84. The minimum absolute atomic E-state index is 0.0917. The Morgan fingerprint density at radius 1 is 1.22 bits per heavy atom. The normalized spacial score (nSPS) is 18.8. The predicted octanol–water partition coefficient (Wildman–Crippen LogP) is 2.80. The van der Waals surface area contributed by atoms with Gasteiger partial charge in [-0.25, -0.2) is 15.0 Å². The van der Waals surface area contributed by atoms with Gasteiger partial charge >= 0.3 is 0 Å². The zero-order chi connectivity index (χ0) is 18.5. The predicted molar refractivity (Wildman–Crippen MR) is 107 cm³/mol. The third kappa shape index (κ3) is 2.56. The van der Waals surface area contributed by atoms with Gasteiger partial charge in [-0.3, -0.25) is 9.36 Å². The van der Waals surface area contributed by atoms with Crippen molar-refractivity contribution in [2.45, 2.75) is 6.42 Å². The van der Waals surface area contributed by atoms with E-state index in [2.05, 4.69) is 27.1 Å². The highest BCUT2D eigenvalue weighted by Crippen LogP contribution is 2.34. The van der Waals surface area contributed by atoms with Gasteiger partial charge in [0.25, 0.3) is 5.56 Å². The van der Waals surface area contributed by atoms with Crippen LogP contribution in [0.4, 0.5) is 5.82 Å². The zero-order valence-electron chi connectivity index (χ0n) is 14.9. The van der Waals surface area contributed by atoms with Crippen LogP contribution in [0.1, 0.15) is 6.42 Å². The topological polar surface area (TPSA) is 73.1 Å². The molecule has 1 unspecified atom stereocenters. The summed E-state index contributed by atoms with van der Waals surface area (Å²) in [5, 5.41) is 0.824. The highest BCUT2D eigenvalue weighted by atomic mass is 32.1. The van der Waals surface area contributed by atoms with Gasteiger partial charge < -0.3 is 9.64 Å². The van der Waals surface area contributed by atoms with Crippen LogP contribution in [0.25, 0.3) is 26.1 Å². The summed E-state index contributed by atoms with van der Waals surface area (Å²) in [6.07, 6.45) is 12.0. The molecule has 2 bridgehead atoms. The first-order valence-electron chi connectivity index (χ1n) is 8.69. The van der Waals surface area contributed by atoms with E-state index in [-0.39, 0.29) is 11.5 Å². The Labute approximate surface area is 158 Å². The van der Waals surface area contributed by atoms with Crippen LogP contribution in [-0.4, -0.2) is 40.2 Å². The average Bonchev–Trinajstić information content (AvgIpc) is 2.98. The summed E-state index contributed by atoms with van der Waals surface area (Å²) in [6, 6.07) is 0. The molecule has 8 heteroatoms. The van der Waals surface area contributed by atoms with Crippen LogP contribution >= 0.6 is 11.3 Å². The fraction of sp³-hybridized carbons (Fsp3) is 0.263. The number of thiophene rings is 1. The highest BCUT2D eigenvalue weighted by Gasteiger charge is 2.20. The molecule has 1 atom stereocenters. The largest absolute Gasteiger partial charge is 0.494 e. The molecule has 7 nitrogen and oxygen atoms in total. The molecule has 27 heavy (non-hydrogen) atoms. The lowest BCUT2D eigenvalue weighted by Gasteiger charge is -2.16. The maximum atomic E-state index is 13.2. The molecule has 0 spiro atoms. The minimum Gasteiger partial charge on any atom is -0.494 e. The van der Waals surface area contributed by atoms with Gasteiger partial charge in [-0.05, 0) is 24.6 Å². The fourth-order valence-corrected chi connectivity index (χ4v) is 4.49. The second-order valence-corrected chi connectivity index (χ2v) is 7.77. The van der Waals surface area contributed by atoms with Crippen LogP contribution < -0.4 is 10.5 Å². The number of anilines is 1. The Hall–Kier alpha value is -3.00. The Morgan fingerprint density at radius 3 is 2.96 bits per heavy atom. The Balaban J connectivity index is 1.72. The van der Waals surface area contributed by atoms with E-state index < -0.39 is 0 Å². The maximum Gasteiger partial charge on any atom is 0.275 e. The first-order valence-corrected chi connectivity index (χ1v) is 9.50. The van der Waals surface area contributed by atoms with Crippen molar-refractivity contribution in [3.63, 3.8) is 0 Å². The van der Waals surface area contributed by atoms with E-state index >= 15 is 0 Å². The fourth-order valence-electron chi connectivity index (χ4n) is 3.47. The molecule has 1 aliphatic heterocycles. The van der Waals surface area contributed by atoms with E-state index in [1.54, 1.807) is 10.9 Å². The molecule has 0 saturated heterocycles. The summed E-state index contributed by atoms with van der Waals surface area (Å²) >= 11 is 1.36. The standard InChI is InChI=1S/C19H17N5O2S/c1-23(2)17-14-15-16(27-18(14)21-9-20-17)19(25)24(10-22-15)12-3-4-13-8-11(7-12)5-6-26-13/h3-4,7-11H,5-6H2,1-2H3. The number of ether oxygens (including phenoxy) is 1. The number of aromatic nitrogens is 4. The molecule has 5 rings (SSSR count). The molecule has 4 heterocycles. The number of rotatable bonds is 2. The molecule has 0 amide bonds. The SMILES string of the molecule is CN(C)c1ncnc2sc3c(=O)n(C4=CC5C=C(C=C4)OCC5)cnc3c12. The first kappa shape index (κ1) is 16.2. The summed E-state index contributed by atoms with van der Waals surface area (Å²) < 4.78 is 7.80. The van der Waals surface area contributed by atoms with Gasteiger partial charge in [-0.2, -0.15) is 0 Å². The van der Waals surface area contributed by atoms with Gasteiger partial charge in [0.05, 0.1) is 12.0 Å². The Morgan fingerprint density at radius 2 is 2.11 bits per heavy atom. The summed E-state index contributed by atoms with van der Waals surface area (Å²) in [5.41, 5.74) is 1.38. The molecule has 0 aromatic carbocycles. The average molecular weight is 379 g/mol. The number of nitrogens with zero attached hydrogens (tertiary/aromatic N) is 5. The van der Waals surface area contributed by atoms with Crippen LogP contribution in [0, 0.1) is 5.92 Å². The van der Waals surface area contributed by atoms with Crippen LogP contribution in [0.2, 0.25) is 0 Å². The summed E-state index contributed by atoms with van der Waals surface area (Å²) in [7, 11) is 3.84. The zero-order valence-corrected chi connectivity index (χ0v) is 15.7. The lowest BCUT2D eigenvalue weighted by Crippen LogP contribution is -2.19. The van der Waals surface area contributed by atoms with Crippen molar-refractivity contribution in [3.05, 3.63) is 53.1 Å². The van der Waals surface area contributed by atoms with E-state index in [0.29, 0.717) is 16.8 Å². The van der Waals surface area contributed by atoms with Crippen molar-refractivity contribution in [1.29, 1.82) is 0 Å². The second-order valence-electron chi connectivity index (χ2n) is 6.77. The van der Waals surface area contributed by atoms with Crippen molar-refractivity contribution in [2.75, 3.05) is 25.6 Å². The number of allylic oxidation sites excluding steroid dienone is 5. The van der Waals surface area contributed by atoms with Gasteiger partial charge in [0.2, 0.25) is 0 Å². The molecule has 0 saturated carbocycles. The molecule has 3 aromatic rings. The van der Waals surface area contributed by atoms with Gasteiger partial charge in [0.1, 0.15) is 39.3 Å². The van der Waals surface area contributed by atoms with E-state index in [0.717, 1.165) is 33.9 Å². The Bertz CT molecular complexity index is 1220. The lowest BCUT2D eigenvalue weighted by molar-refractivity contribution is 0.194. The maximum absolute atomic E-state index is 13.2. The highest BCUT2D eigenvalue weighted by molar-refractivity contribution is 7.25. The van der Waals surface area contributed by atoms with E-state index in [1.165, 1.54) is 17.7 Å². The summed E-state index contributed by atoms with van der Waals surface area (Å²) in [4.78, 5) is 29.2. The number of hydrogen-bond donors (Lipinski definition) is 0. The second kappa shape index (κ2) is 6.02. The van der Waals surface area contributed by atoms with Gasteiger partial charge in [-0.15, -0.1) is 11.3 Å². The Kier molecular flexibility index (Phi) is 3.61. The minimum atomic E-state index is -0.0917. The van der Waals surface area contributed by atoms with Crippen molar-refractivity contribution < 1.29 is 4.74 Å². The van der Waals surface area contributed by atoms with Crippen molar-refractivity contribution >= 4 is 43.3 Å². The summed E-state index contributed by atoms with van der Waals surface area (Å²) in [5.74, 6) is 1.88. The first-order chi connectivity index (χ1) is 13.1. The van der Waals surface area contributed by atoms with E-state index in [4.69, 9.17) is 4.74 Å². The third-order valence-electron chi connectivity index (χ3n) is 4.76. The monoisotopic (exact) mass is 379 g/mol. The van der Waals surface area contributed by atoms with Crippen LogP contribution in [0.15, 0.2) is 47.5 Å². The number of fused-ring (bicyclic) bond motifs is 4. The molecule has 0 fully saturated rings. The molecule has 2 aliphatic rings. The van der Waals surface area contributed by atoms with Crippen molar-refractivity contribution in [2.24, 2.45) is 5.92 Å². The van der Waals surface area contributed by atoms with E-state index in [9.17, 15) is 4.79 Å². The van der Waals surface area contributed by atoms with Crippen molar-refractivity contribution in [1.82, 2.24) is 19.5 Å². The molecular weight excluding hydrogens is 362 g/mol. The summed E-state index contributed by atoms with van der Waals surface area (Å²) in [6.45, 7) is 0.694. The molecule has 0 radical (unpaired) electrons. The van der Waals surface area contributed by atoms with Crippen LogP contribution in [0.5, 0.6) is 0 Å². The quantitative estimate of drug-likeness (QED) is 0.682. The molecule has 136 valence electrons. The van der Waals surface area contributed by atoms with E-state index in [1.807, 2.05) is 31.1 Å². The number of hydrogen-bond acceptors (Lipinski definition) is 7. The molecule has 1 aliphatic carbocycles. The smallest absolute Gasteiger partial charge is 0.275 e. The van der Waals surface area contributed by atoms with Gasteiger partial charge in [-0.1, -0.05) is 6.08 Å². The molecule has 3 aromatic heterocycles. The van der Waals surface area contributed by atoms with Crippen LogP contribution in [0.3, 0.4) is 0 Å². The molecular formula is C19H17N5O2S. The van der Waals surface area contributed by atoms with Crippen LogP contribution in [-0.2, 0) is 4.74 Å². The molecule has 0 N–H and O–H groups in total. The van der Waals surface area contributed by atoms with Gasteiger partial charge in [0, 0.05) is 25.7 Å². The van der Waals surface area contributed by atoms with Crippen molar-refractivity contribution in [3.8, 4) is 0 Å².